The lowest BCUT2D eigenvalue weighted by Crippen LogP contribution is -1.93. The molecule has 0 aliphatic rings. The molecule has 116 valence electrons. The largest absolute Gasteiger partial charge is 0.493 e. The number of hydrogen-bond donors (Lipinski definition) is 0. The fourth-order valence-electron chi connectivity index (χ4n) is 2.15. The summed E-state index contributed by atoms with van der Waals surface area (Å²) in [5.74, 6) is 2.34. The van der Waals surface area contributed by atoms with E-state index in [1.807, 2.05) is 0 Å². The van der Waals surface area contributed by atoms with Crippen molar-refractivity contribution in [3.8, 4) is 23.0 Å². The summed E-state index contributed by atoms with van der Waals surface area (Å²) in [7, 11) is 3.13. The molecule has 2 aromatic heterocycles. The number of fused-ring (bicyclic) bond motifs is 1. The van der Waals surface area contributed by atoms with E-state index in [-0.39, 0.29) is 5.82 Å². The average Bonchev–Trinajstić information content (AvgIpc) is 2.61. The second kappa shape index (κ2) is 6.27. The SMILES string of the molecule is COc1cc2nccc(Oc3ccc(N=O)nc3)c2cc1OC. The van der Waals surface area contributed by atoms with E-state index in [9.17, 15) is 4.91 Å². The first-order valence-corrected chi connectivity index (χ1v) is 6.73. The van der Waals surface area contributed by atoms with Crippen LogP contribution in [0.25, 0.3) is 10.9 Å². The second-order valence-corrected chi connectivity index (χ2v) is 4.58. The van der Waals surface area contributed by atoms with Crippen molar-refractivity contribution >= 4 is 16.7 Å². The maximum absolute atomic E-state index is 10.4. The third kappa shape index (κ3) is 2.89. The van der Waals surface area contributed by atoms with Gasteiger partial charge in [0.25, 0.3) is 0 Å². The van der Waals surface area contributed by atoms with Crippen LogP contribution >= 0.6 is 0 Å². The highest BCUT2D eigenvalue weighted by molar-refractivity contribution is 5.88. The minimum atomic E-state index is 0.100. The van der Waals surface area contributed by atoms with Crippen LogP contribution in [0.15, 0.2) is 47.9 Å². The zero-order valence-corrected chi connectivity index (χ0v) is 12.5. The summed E-state index contributed by atoms with van der Waals surface area (Å²) in [5, 5.41) is 3.52. The summed E-state index contributed by atoms with van der Waals surface area (Å²) in [6, 6.07) is 8.41. The van der Waals surface area contributed by atoms with Gasteiger partial charge in [-0.05, 0) is 29.4 Å². The van der Waals surface area contributed by atoms with Crippen LogP contribution in [-0.2, 0) is 0 Å². The molecule has 0 aliphatic carbocycles. The Balaban J connectivity index is 2.04. The highest BCUT2D eigenvalue weighted by Crippen LogP contribution is 2.36. The zero-order chi connectivity index (χ0) is 16.2. The molecule has 3 aromatic rings. The molecule has 0 amide bonds. The van der Waals surface area contributed by atoms with E-state index in [0.29, 0.717) is 28.5 Å². The molecule has 0 fully saturated rings. The molecule has 7 nitrogen and oxygen atoms in total. The van der Waals surface area contributed by atoms with Gasteiger partial charge in [-0.1, -0.05) is 0 Å². The van der Waals surface area contributed by atoms with Crippen LogP contribution in [0.3, 0.4) is 0 Å². The van der Waals surface area contributed by atoms with Gasteiger partial charge in [0.1, 0.15) is 11.5 Å². The van der Waals surface area contributed by atoms with Gasteiger partial charge < -0.3 is 14.2 Å². The molecule has 0 saturated heterocycles. The van der Waals surface area contributed by atoms with Crippen LogP contribution in [0.1, 0.15) is 0 Å². The number of nitroso groups, excluding NO2 is 1. The first kappa shape index (κ1) is 14.7. The standard InChI is InChI=1S/C16H13N3O4/c1-21-14-7-11-12(8-15(14)22-2)17-6-5-13(11)23-10-3-4-16(19-20)18-9-10/h3-9H,1-2H3. The lowest BCUT2D eigenvalue weighted by molar-refractivity contribution is 0.355. The first-order valence-electron chi connectivity index (χ1n) is 6.73. The van der Waals surface area contributed by atoms with Gasteiger partial charge in [0.05, 0.1) is 25.9 Å². The van der Waals surface area contributed by atoms with E-state index in [4.69, 9.17) is 14.2 Å². The molecule has 23 heavy (non-hydrogen) atoms. The quantitative estimate of drug-likeness (QED) is 0.666. The predicted octanol–water partition coefficient (Wildman–Crippen LogP) is 3.84. The molecular formula is C16H13N3O4. The van der Waals surface area contributed by atoms with Crippen molar-refractivity contribution in [2.75, 3.05) is 14.2 Å². The summed E-state index contributed by atoms with van der Waals surface area (Å²) in [6.45, 7) is 0. The van der Waals surface area contributed by atoms with Crippen molar-refractivity contribution in [1.82, 2.24) is 9.97 Å². The number of hydrogen-bond acceptors (Lipinski definition) is 7. The Morgan fingerprint density at radius 1 is 0.957 bits per heavy atom. The summed E-state index contributed by atoms with van der Waals surface area (Å²) in [6.07, 6.45) is 3.07. The van der Waals surface area contributed by atoms with Gasteiger partial charge in [0.2, 0.25) is 0 Å². The Morgan fingerprint density at radius 3 is 2.39 bits per heavy atom. The van der Waals surface area contributed by atoms with Crippen LogP contribution in [0.5, 0.6) is 23.0 Å². The zero-order valence-electron chi connectivity index (χ0n) is 12.5. The molecule has 7 heteroatoms. The van der Waals surface area contributed by atoms with Crippen LogP contribution < -0.4 is 14.2 Å². The lowest BCUT2D eigenvalue weighted by Gasteiger charge is -2.12. The maximum Gasteiger partial charge on any atom is 0.196 e. The van der Waals surface area contributed by atoms with Crippen molar-refractivity contribution in [2.45, 2.75) is 0 Å². The molecular weight excluding hydrogens is 298 g/mol. The van der Waals surface area contributed by atoms with Gasteiger partial charge in [-0.25, -0.2) is 4.98 Å². The molecule has 3 rings (SSSR count). The maximum atomic E-state index is 10.4. The Bertz CT molecular complexity index is 850. The second-order valence-electron chi connectivity index (χ2n) is 4.58. The summed E-state index contributed by atoms with van der Waals surface area (Å²) in [5.41, 5.74) is 0.708. The number of benzene rings is 1. The minimum absolute atomic E-state index is 0.100. The molecule has 0 unspecified atom stereocenters. The fraction of sp³-hybridized carbons (Fsp3) is 0.125. The predicted molar refractivity (Wildman–Crippen MR) is 84.6 cm³/mol. The van der Waals surface area contributed by atoms with E-state index in [1.165, 1.54) is 12.3 Å². The normalized spacial score (nSPS) is 10.3. The summed E-state index contributed by atoms with van der Waals surface area (Å²) < 4.78 is 16.4. The van der Waals surface area contributed by atoms with Crippen LogP contribution in [-0.4, -0.2) is 24.2 Å². The fourth-order valence-corrected chi connectivity index (χ4v) is 2.15. The molecule has 0 N–H and O–H groups in total. The van der Waals surface area contributed by atoms with Crippen molar-refractivity contribution in [1.29, 1.82) is 0 Å². The van der Waals surface area contributed by atoms with Gasteiger partial charge in [0, 0.05) is 17.6 Å². The molecule has 0 bridgehead atoms. The van der Waals surface area contributed by atoms with Gasteiger partial charge >= 0.3 is 0 Å². The van der Waals surface area contributed by atoms with Crippen LogP contribution in [0, 0.1) is 4.91 Å². The molecule has 0 saturated carbocycles. The Kier molecular flexibility index (Phi) is 4.01. The topological polar surface area (TPSA) is 82.9 Å². The number of pyridine rings is 2. The third-order valence-electron chi connectivity index (χ3n) is 3.25. The Morgan fingerprint density at radius 2 is 1.74 bits per heavy atom. The first-order chi connectivity index (χ1) is 11.2. The number of ether oxygens (including phenoxy) is 3. The van der Waals surface area contributed by atoms with Crippen molar-refractivity contribution in [3.63, 3.8) is 0 Å². The average molecular weight is 311 g/mol. The van der Waals surface area contributed by atoms with Gasteiger partial charge in [-0.3, -0.25) is 4.98 Å². The van der Waals surface area contributed by atoms with E-state index in [0.717, 1.165) is 5.39 Å². The van der Waals surface area contributed by atoms with E-state index in [1.54, 1.807) is 44.7 Å². The number of methoxy groups -OCH3 is 2. The van der Waals surface area contributed by atoms with Crippen molar-refractivity contribution in [3.05, 3.63) is 47.6 Å². The van der Waals surface area contributed by atoms with Gasteiger partial charge in [-0.15, -0.1) is 4.91 Å². The Labute approximate surface area is 131 Å². The molecule has 0 radical (unpaired) electrons. The molecule has 0 atom stereocenters. The summed E-state index contributed by atoms with van der Waals surface area (Å²) in [4.78, 5) is 18.6. The number of nitrogens with zero attached hydrogens (tertiary/aromatic N) is 3. The smallest absolute Gasteiger partial charge is 0.196 e. The van der Waals surface area contributed by atoms with Crippen LogP contribution in [0.4, 0.5) is 5.82 Å². The minimum Gasteiger partial charge on any atom is -0.493 e. The Hall–Kier alpha value is -3.22. The highest BCUT2D eigenvalue weighted by Gasteiger charge is 2.11. The molecule has 0 aliphatic heterocycles. The molecule has 0 spiro atoms. The highest BCUT2D eigenvalue weighted by atomic mass is 16.5. The third-order valence-corrected chi connectivity index (χ3v) is 3.25. The van der Waals surface area contributed by atoms with Crippen molar-refractivity contribution in [2.24, 2.45) is 5.18 Å². The van der Waals surface area contributed by atoms with E-state index < -0.39 is 0 Å². The van der Waals surface area contributed by atoms with Crippen molar-refractivity contribution < 1.29 is 14.2 Å². The van der Waals surface area contributed by atoms with E-state index >= 15 is 0 Å². The number of rotatable bonds is 5. The van der Waals surface area contributed by atoms with Crippen LogP contribution in [0.2, 0.25) is 0 Å². The lowest BCUT2D eigenvalue weighted by atomic mass is 10.2. The number of aromatic nitrogens is 2. The summed E-state index contributed by atoms with van der Waals surface area (Å²) >= 11 is 0. The van der Waals surface area contributed by atoms with Gasteiger partial charge in [0.15, 0.2) is 17.3 Å². The monoisotopic (exact) mass is 311 g/mol. The molecule has 1 aromatic carbocycles. The van der Waals surface area contributed by atoms with E-state index in [2.05, 4.69) is 15.1 Å². The van der Waals surface area contributed by atoms with Gasteiger partial charge in [-0.2, -0.15) is 0 Å². The molecule has 2 heterocycles.